The summed E-state index contributed by atoms with van der Waals surface area (Å²) in [6.45, 7) is 2.11. The molecule has 0 bridgehead atoms. The standard InChI is InChI=1S/C16H14BrClN2/c1-10(14-4-2-12(17)9-15(14)18)20-13-3-5-16-11(8-13)6-7-19-16/h2-10,19-20H,1H3. The number of hydrogen-bond acceptors (Lipinski definition) is 1. The fourth-order valence-electron chi connectivity index (χ4n) is 2.32. The van der Waals surface area contributed by atoms with Crippen molar-refractivity contribution in [1.29, 1.82) is 0 Å². The van der Waals surface area contributed by atoms with Crippen LogP contribution in [0.1, 0.15) is 18.5 Å². The Kier molecular flexibility index (Phi) is 3.72. The van der Waals surface area contributed by atoms with Gasteiger partial charge < -0.3 is 10.3 Å². The number of aromatic amines is 1. The van der Waals surface area contributed by atoms with Crippen LogP contribution in [0.25, 0.3) is 10.9 Å². The minimum Gasteiger partial charge on any atom is -0.378 e. The summed E-state index contributed by atoms with van der Waals surface area (Å²) >= 11 is 9.72. The zero-order chi connectivity index (χ0) is 14.1. The molecule has 0 saturated carbocycles. The first-order chi connectivity index (χ1) is 9.63. The van der Waals surface area contributed by atoms with Gasteiger partial charge in [-0.2, -0.15) is 0 Å². The van der Waals surface area contributed by atoms with Crippen molar-refractivity contribution in [2.75, 3.05) is 5.32 Å². The summed E-state index contributed by atoms with van der Waals surface area (Å²) in [7, 11) is 0. The van der Waals surface area contributed by atoms with Gasteiger partial charge in [-0.1, -0.05) is 33.6 Å². The molecule has 0 fully saturated rings. The summed E-state index contributed by atoms with van der Waals surface area (Å²) in [6, 6.07) is 14.5. The molecule has 0 aliphatic rings. The molecule has 2 N–H and O–H groups in total. The van der Waals surface area contributed by atoms with Gasteiger partial charge in [0.25, 0.3) is 0 Å². The molecule has 1 aromatic heterocycles. The van der Waals surface area contributed by atoms with Crippen LogP contribution in [0.3, 0.4) is 0 Å². The molecule has 3 aromatic rings. The lowest BCUT2D eigenvalue weighted by Crippen LogP contribution is -2.07. The second-order valence-electron chi connectivity index (χ2n) is 4.81. The zero-order valence-corrected chi connectivity index (χ0v) is 13.3. The van der Waals surface area contributed by atoms with E-state index in [0.717, 1.165) is 26.3 Å². The highest BCUT2D eigenvalue weighted by Crippen LogP contribution is 2.29. The summed E-state index contributed by atoms with van der Waals surface area (Å²) in [5.74, 6) is 0. The second kappa shape index (κ2) is 5.51. The first-order valence-corrected chi connectivity index (χ1v) is 7.59. The lowest BCUT2D eigenvalue weighted by Gasteiger charge is -2.17. The van der Waals surface area contributed by atoms with E-state index in [1.165, 1.54) is 5.39 Å². The lowest BCUT2D eigenvalue weighted by atomic mass is 10.1. The van der Waals surface area contributed by atoms with Crippen molar-refractivity contribution >= 4 is 44.1 Å². The van der Waals surface area contributed by atoms with Gasteiger partial charge in [-0.15, -0.1) is 0 Å². The number of benzene rings is 2. The maximum atomic E-state index is 6.29. The van der Waals surface area contributed by atoms with Crippen LogP contribution < -0.4 is 5.32 Å². The highest BCUT2D eigenvalue weighted by Gasteiger charge is 2.10. The van der Waals surface area contributed by atoms with E-state index in [1.54, 1.807) is 0 Å². The Morgan fingerprint density at radius 2 is 2.00 bits per heavy atom. The first kappa shape index (κ1) is 13.5. The normalized spacial score (nSPS) is 12.6. The Labute approximate surface area is 131 Å². The van der Waals surface area contributed by atoms with Crippen LogP contribution >= 0.6 is 27.5 Å². The molecule has 3 rings (SSSR count). The predicted octanol–water partition coefficient (Wildman–Crippen LogP) is 5.76. The Balaban J connectivity index is 1.85. The summed E-state index contributed by atoms with van der Waals surface area (Å²) in [4.78, 5) is 3.19. The predicted molar refractivity (Wildman–Crippen MR) is 89.5 cm³/mol. The molecule has 0 radical (unpaired) electrons. The van der Waals surface area contributed by atoms with Gasteiger partial charge in [-0.25, -0.2) is 0 Å². The molecule has 0 aliphatic heterocycles. The van der Waals surface area contributed by atoms with Crippen LogP contribution in [0, 0.1) is 0 Å². The SMILES string of the molecule is CC(Nc1ccc2[nH]ccc2c1)c1ccc(Br)cc1Cl. The van der Waals surface area contributed by atoms with Gasteiger partial charge in [0, 0.05) is 38.3 Å². The Bertz CT molecular complexity index is 751. The highest BCUT2D eigenvalue weighted by atomic mass is 79.9. The molecule has 1 unspecified atom stereocenters. The van der Waals surface area contributed by atoms with Crippen LogP contribution in [-0.2, 0) is 0 Å². The number of anilines is 1. The van der Waals surface area contributed by atoms with Crippen molar-refractivity contribution in [3.63, 3.8) is 0 Å². The van der Waals surface area contributed by atoms with Crippen LogP contribution in [0.5, 0.6) is 0 Å². The smallest absolute Gasteiger partial charge is 0.0500 e. The zero-order valence-electron chi connectivity index (χ0n) is 11.0. The highest BCUT2D eigenvalue weighted by molar-refractivity contribution is 9.10. The third kappa shape index (κ3) is 2.69. The average molecular weight is 350 g/mol. The van der Waals surface area contributed by atoms with Crippen molar-refractivity contribution < 1.29 is 0 Å². The number of H-pyrrole nitrogens is 1. The van der Waals surface area contributed by atoms with Gasteiger partial charge in [0.05, 0.1) is 0 Å². The number of hydrogen-bond donors (Lipinski definition) is 2. The van der Waals surface area contributed by atoms with Gasteiger partial charge in [-0.05, 0) is 48.9 Å². The van der Waals surface area contributed by atoms with E-state index in [0.29, 0.717) is 0 Å². The van der Waals surface area contributed by atoms with Gasteiger partial charge >= 0.3 is 0 Å². The molecule has 0 spiro atoms. The Morgan fingerprint density at radius 1 is 1.15 bits per heavy atom. The van der Waals surface area contributed by atoms with Gasteiger partial charge in [0.15, 0.2) is 0 Å². The maximum Gasteiger partial charge on any atom is 0.0500 e. The van der Waals surface area contributed by atoms with Crippen LogP contribution in [0.4, 0.5) is 5.69 Å². The Morgan fingerprint density at radius 3 is 2.80 bits per heavy atom. The van der Waals surface area contributed by atoms with E-state index in [4.69, 9.17) is 11.6 Å². The summed E-state index contributed by atoms with van der Waals surface area (Å²) in [5.41, 5.74) is 3.32. The number of nitrogens with one attached hydrogen (secondary N) is 2. The molecule has 102 valence electrons. The first-order valence-electron chi connectivity index (χ1n) is 6.42. The minimum atomic E-state index is 0.145. The number of aromatic nitrogens is 1. The fourth-order valence-corrected chi connectivity index (χ4v) is 3.16. The largest absolute Gasteiger partial charge is 0.378 e. The molecule has 20 heavy (non-hydrogen) atoms. The lowest BCUT2D eigenvalue weighted by molar-refractivity contribution is 0.885. The fraction of sp³-hybridized carbons (Fsp3) is 0.125. The van der Waals surface area contributed by atoms with Crippen LogP contribution in [-0.4, -0.2) is 4.98 Å². The molecular weight excluding hydrogens is 336 g/mol. The molecular formula is C16H14BrClN2. The monoisotopic (exact) mass is 348 g/mol. The molecule has 4 heteroatoms. The van der Waals surface area contributed by atoms with Crippen molar-refractivity contribution in [2.24, 2.45) is 0 Å². The van der Waals surface area contributed by atoms with Crippen molar-refractivity contribution in [3.8, 4) is 0 Å². The van der Waals surface area contributed by atoms with E-state index < -0.39 is 0 Å². The van der Waals surface area contributed by atoms with E-state index in [1.807, 2.05) is 24.4 Å². The molecule has 2 nitrogen and oxygen atoms in total. The second-order valence-corrected chi connectivity index (χ2v) is 6.13. The molecule has 0 aliphatic carbocycles. The summed E-state index contributed by atoms with van der Waals surface area (Å²) in [6.07, 6.45) is 1.95. The van der Waals surface area contributed by atoms with Crippen molar-refractivity contribution in [1.82, 2.24) is 4.98 Å². The molecule has 2 aromatic carbocycles. The topological polar surface area (TPSA) is 27.8 Å². The third-order valence-corrected chi connectivity index (χ3v) is 4.19. The van der Waals surface area contributed by atoms with Crippen LogP contribution in [0.15, 0.2) is 53.1 Å². The van der Waals surface area contributed by atoms with E-state index in [2.05, 4.69) is 57.4 Å². The van der Waals surface area contributed by atoms with E-state index in [-0.39, 0.29) is 6.04 Å². The Hall–Kier alpha value is -1.45. The minimum absolute atomic E-state index is 0.145. The molecule has 0 amide bonds. The molecule has 0 saturated heterocycles. The third-order valence-electron chi connectivity index (χ3n) is 3.37. The molecule has 1 atom stereocenters. The van der Waals surface area contributed by atoms with Gasteiger partial charge in [0.2, 0.25) is 0 Å². The summed E-state index contributed by atoms with van der Waals surface area (Å²) < 4.78 is 0.993. The average Bonchev–Trinajstić information content (AvgIpc) is 2.85. The van der Waals surface area contributed by atoms with Gasteiger partial charge in [-0.3, -0.25) is 0 Å². The maximum absolute atomic E-state index is 6.29. The number of fused-ring (bicyclic) bond motifs is 1. The van der Waals surface area contributed by atoms with Crippen LogP contribution in [0.2, 0.25) is 5.02 Å². The van der Waals surface area contributed by atoms with Crippen molar-refractivity contribution in [2.45, 2.75) is 13.0 Å². The van der Waals surface area contributed by atoms with Gasteiger partial charge in [0.1, 0.15) is 0 Å². The van der Waals surface area contributed by atoms with Crippen molar-refractivity contribution in [3.05, 3.63) is 63.7 Å². The quantitative estimate of drug-likeness (QED) is 0.618. The molecule has 1 heterocycles. The number of rotatable bonds is 3. The summed E-state index contributed by atoms with van der Waals surface area (Å²) in [5, 5.41) is 5.45. The van der Waals surface area contributed by atoms with E-state index in [9.17, 15) is 0 Å². The number of halogens is 2. The van der Waals surface area contributed by atoms with E-state index >= 15 is 0 Å².